The topological polar surface area (TPSA) is 154 Å². The van der Waals surface area contributed by atoms with Crippen molar-refractivity contribution in [2.24, 2.45) is 0 Å². The summed E-state index contributed by atoms with van der Waals surface area (Å²) in [4.78, 5) is 22.2. The molecule has 0 spiro atoms. The molecule has 2 atom stereocenters. The van der Waals surface area contributed by atoms with Gasteiger partial charge in [-0.25, -0.2) is 0 Å². The summed E-state index contributed by atoms with van der Waals surface area (Å²) in [6.07, 6.45) is -0.577. The SMILES string of the molecule is CCO[Si](CCCNC(=O)C(C)O)(OCC)OCC.CO[Si](CCCNC(=O)C(C)O)(OC)OC. The van der Waals surface area contributed by atoms with Crippen molar-refractivity contribution in [1.82, 2.24) is 10.6 Å². The molecule has 2 unspecified atom stereocenters. The van der Waals surface area contributed by atoms with Crippen LogP contribution in [0.1, 0.15) is 47.5 Å². The van der Waals surface area contributed by atoms with E-state index < -0.39 is 29.8 Å². The van der Waals surface area contributed by atoms with Crippen LogP contribution in [0.3, 0.4) is 0 Å². The van der Waals surface area contributed by atoms with Gasteiger partial charge in [0.15, 0.2) is 0 Å². The number of hydrogen-bond acceptors (Lipinski definition) is 10. The number of hydrogen-bond donors (Lipinski definition) is 4. The summed E-state index contributed by atoms with van der Waals surface area (Å²) in [6, 6.07) is 1.28. The zero-order valence-corrected chi connectivity index (χ0v) is 24.7. The Morgan fingerprint density at radius 1 is 0.686 bits per heavy atom. The van der Waals surface area contributed by atoms with Gasteiger partial charge in [-0.2, -0.15) is 0 Å². The second-order valence-electron chi connectivity index (χ2n) is 7.42. The van der Waals surface area contributed by atoms with Gasteiger partial charge in [-0.1, -0.05) is 0 Å². The van der Waals surface area contributed by atoms with Gasteiger partial charge in [0.1, 0.15) is 12.2 Å². The quantitative estimate of drug-likeness (QED) is 0.135. The Morgan fingerprint density at radius 2 is 1.00 bits per heavy atom. The van der Waals surface area contributed by atoms with Crippen molar-refractivity contribution >= 4 is 29.4 Å². The molecule has 0 aliphatic heterocycles. The third-order valence-corrected chi connectivity index (χ3v) is 10.7. The van der Waals surface area contributed by atoms with E-state index in [-0.39, 0.29) is 11.8 Å². The van der Waals surface area contributed by atoms with Gasteiger partial charge in [-0.3, -0.25) is 9.59 Å². The number of rotatable bonds is 19. The van der Waals surface area contributed by atoms with E-state index in [1.165, 1.54) is 13.8 Å². The summed E-state index contributed by atoms with van der Waals surface area (Å²) in [6.45, 7) is 11.2. The lowest BCUT2D eigenvalue weighted by Gasteiger charge is -2.28. The number of aliphatic hydroxyl groups excluding tert-OH is 2. The van der Waals surface area contributed by atoms with Crippen molar-refractivity contribution in [1.29, 1.82) is 0 Å². The van der Waals surface area contributed by atoms with Crippen LogP contribution in [0.2, 0.25) is 12.1 Å². The van der Waals surface area contributed by atoms with Crippen LogP contribution in [0.15, 0.2) is 0 Å². The van der Waals surface area contributed by atoms with Gasteiger partial charge in [0.05, 0.1) is 0 Å². The first-order valence-electron chi connectivity index (χ1n) is 12.0. The van der Waals surface area contributed by atoms with Crippen molar-refractivity contribution in [3.05, 3.63) is 0 Å². The Balaban J connectivity index is 0. The molecule has 4 N–H and O–H groups in total. The number of nitrogens with one attached hydrogen (secondary N) is 2. The fourth-order valence-electron chi connectivity index (χ4n) is 2.89. The molecular weight excluding hydrogens is 496 g/mol. The molecule has 14 heteroatoms. The molecule has 0 aliphatic carbocycles. The monoisotopic (exact) mass is 544 g/mol. The fourth-order valence-corrected chi connectivity index (χ4v) is 7.22. The Labute approximate surface area is 212 Å². The zero-order valence-electron chi connectivity index (χ0n) is 22.7. The summed E-state index contributed by atoms with van der Waals surface area (Å²) in [5.41, 5.74) is 0. The van der Waals surface area contributed by atoms with Crippen molar-refractivity contribution < 1.29 is 46.4 Å². The van der Waals surface area contributed by atoms with Crippen LogP contribution in [-0.2, 0) is 36.1 Å². The minimum Gasteiger partial charge on any atom is -0.384 e. The zero-order chi connectivity index (χ0) is 27.3. The van der Waals surface area contributed by atoms with Crippen LogP contribution in [0.5, 0.6) is 0 Å². The average molecular weight is 545 g/mol. The van der Waals surface area contributed by atoms with E-state index in [0.29, 0.717) is 57.8 Å². The van der Waals surface area contributed by atoms with Crippen molar-refractivity contribution in [2.45, 2.75) is 71.8 Å². The van der Waals surface area contributed by atoms with E-state index in [1.54, 1.807) is 21.3 Å². The highest BCUT2D eigenvalue weighted by Crippen LogP contribution is 2.18. The first-order chi connectivity index (χ1) is 16.5. The summed E-state index contributed by atoms with van der Waals surface area (Å²) < 4.78 is 32.8. The summed E-state index contributed by atoms with van der Waals surface area (Å²) in [5, 5.41) is 23.2. The standard InChI is InChI=1S/C12H27NO5Si.C9H21NO5Si/c1-5-16-19(17-6-2,18-7-3)10-8-9-13-12(15)11(4)14;1-8(11)9(12)10-6-5-7-16(13-2,14-3)15-4/h11,14H,5-10H2,1-4H3,(H,13,15);8,11H,5-7H2,1-4H3,(H,10,12). The molecule has 0 rings (SSSR count). The molecule has 0 fully saturated rings. The number of carbonyl (C=O) groups excluding carboxylic acids is 2. The van der Waals surface area contributed by atoms with E-state index in [1.807, 2.05) is 20.8 Å². The first kappa shape index (κ1) is 36.2. The van der Waals surface area contributed by atoms with E-state index >= 15 is 0 Å². The largest absolute Gasteiger partial charge is 0.500 e. The third-order valence-electron chi connectivity index (χ3n) is 4.70. The molecule has 0 radical (unpaired) electrons. The number of carbonyl (C=O) groups is 2. The molecule has 35 heavy (non-hydrogen) atoms. The van der Waals surface area contributed by atoms with Crippen molar-refractivity contribution in [3.63, 3.8) is 0 Å². The van der Waals surface area contributed by atoms with Gasteiger partial charge < -0.3 is 47.4 Å². The van der Waals surface area contributed by atoms with Crippen LogP contribution < -0.4 is 10.6 Å². The maximum Gasteiger partial charge on any atom is 0.500 e. The molecule has 2 amide bonds. The molecule has 12 nitrogen and oxygen atoms in total. The predicted octanol–water partition coefficient (Wildman–Crippen LogP) is 0.674. The van der Waals surface area contributed by atoms with Crippen LogP contribution in [0, 0.1) is 0 Å². The lowest BCUT2D eigenvalue weighted by molar-refractivity contribution is -0.129. The van der Waals surface area contributed by atoms with Crippen LogP contribution in [-0.4, -0.2) is 106 Å². The van der Waals surface area contributed by atoms with Gasteiger partial charge in [0, 0.05) is 66.3 Å². The van der Waals surface area contributed by atoms with Crippen molar-refractivity contribution in [3.8, 4) is 0 Å². The molecular formula is C21H48N2O10Si2. The van der Waals surface area contributed by atoms with E-state index in [2.05, 4.69) is 10.6 Å². The van der Waals surface area contributed by atoms with Crippen LogP contribution >= 0.6 is 0 Å². The fraction of sp³-hybridized carbons (Fsp3) is 0.905. The highest BCUT2D eigenvalue weighted by atomic mass is 28.4. The maximum absolute atomic E-state index is 11.2. The maximum atomic E-state index is 11.2. The van der Waals surface area contributed by atoms with E-state index in [9.17, 15) is 9.59 Å². The molecule has 0 aromatic rings. The summed E-state index contributed by atoms with van der Waals surface area (Å²) >= 11 is 0. The Bertz CT molecular complexity index is 527. The lowest BCUT2D eigenvalue weighted by atomic mass is 10.3. The molecule has 0 bridgehead atoms. The Hall–Kier alpha value is -0.946. The Morgan fingerprint density at radius 3 is 1.26 bits per heavy atom. The predicted molar refractivity (Wildman–Crippen MR) is 136 cm³/mol. The molecule has 0 aliphatic rings. The Kier molecular flexibility index (Phi) is 21.9. The minimum absolute atomic E-state index is 0.364. The number of amides is 2. The molecule has 210 valence electrons. The molecule has 0 heterocycles. The van der Waals surface area contributed by atoms with Crippen LogP contribution in [0.25, 0.3) is 0 Å². The van der Waals surface area contributed by atoms with E-state index in [0.717, 1.165) is 0 Å². The highest BCUT2D eigenvalue weighted by molar-refractivity contribution is 6.61. The highest BCUT2D eigenvalue weighted by Gasteiger charge is 2.39. The smallest absolute Gasteiger partial charge is 0.384 e. The molecule has 0 aromatic heterocycles. The van der Waals surface area contributed by atoms with Crippen molar-refractivity contribution in [2.75, 3.05) is 54.2 Å². The normalized spacial score (nSPS) is 13.4. The number of aliphatic hydroxyl groups is 2. The van der Waals surface area contributed by atoms with Gasteiger partial charge in [0.25, 0.3) is 0 Å². The van der Waals surface area contributed by atoms with Crippen LogP contribution in [0.4, 0.5) is 0 Å². The van der Waals surface area contributed by atoms with Gasteiger partial charge in [-0.05, 0) is 47.5 Å². The summed E-state index contributed by atoms with van der Waals surface area (Å²) in [5.74, 6) is -0.740. The first-order valence-corrected chi connectivity index (χ1v) is 15.9. The minimum atomic E-state index is -2.61. The lowest BCUT2D eigenvalue weighted by Crippen LogP contribution is -2.46. The second-order valence-corrected chi connectivity index (χ2v) is 13.2. The van der Waals surface area contributed by atoms with Gasteiger partial charge in [0.2, 0.25) is 11.8 Å². The van der Waals surface area contributed by atoms with Gasteiger partial charge >= 0.3 is 17.6 Å². The summed E-state index contributed by atoms with van der Waals surface area (Å²) in [7, 11) is -0.491. The molecule has 0 saturated heterocycles. The molecule has 0 aromatic carbocycles. The third kappa shape index (κ3) is 16.4. The van der Waals surface area contributed by atoms with E-state index in [4.69, 9.17) is 36.8 Å². The second kappa shape index (κ2) is 21.2. The van der Waals surface area contributed by atoms with Gasteiger partial charge in [-0.15, -0.1) is 0 Å². The average Bonchev–Trinajstić information content (AvgIpc) is 2.83. The molecule has 0 saturated carbocycles.